The fraction of sp³-hybridized carbons (Fsp3) is 0.250. The number of amides is 1. The lowest BCUT2D eigenvalue weighted by Gasteiger charge is -2.16. The van der Waals surface area contributed by atoms with Gasteiger partial charge in [-0.25, -0.2) is 9.97 Å². The van der Waals surface area contributed by atoms with Gasteiger partial charge in [0.2, 0.25) is 5.91 Å². The molecule has 0 aliphatic carbocycles. The van der Waals surface area contributed by atoms with Gasteiger partial charge in [-0.05, 0) is 31.0 Å². The highest BCUT2D eigenvalue weighted by molar-refractivity contribution is 7.13. The van der Waals surface area contributed by atoms with Crippen LogP contribution in [0.15, 0.2) is 48.0 Å². The Morgan fingerprint density at radius 3 is 2.74 bits per heavy atom. The number of aromatic nitrogens is 2. The SMILES string of the molecule is O=C(Cc1csc(-c2ccccc2Cl)n1)Nc1ccc(N2CCCC2)nc1. The molecule has 0 atom stereocenters. The summed E-state index contributed by atoms with van der Waals surface area (Å²) in [6.45, 7) is 2.10. The Balaban J connectivity index is 1.37. The molecule has 138 valence electrons. The number of carbonyl (C=O) groups excluding carboxylic acids is 1. The lowest BCUT2D eigenvalue weighted by atomic mass is 10.2. The monoisotopic (exact) mass is 398 g/mol. The van der Waals surface area contributed by atoms with Crippen molar-refractivity contribution in [1.29, 1.82) is 0 Å². The Hall–Kier alpha value is -2.44. The number of anilines is 2. The van der Waals surface area contributed by atoms with Gasteiger partial charge >= 0.3 is 0 Å². The zero-order valence-corrected chi connectivity index (χ0v) is 16.3. The highest BCUT2D eigenvalue weighted by atomic mass is 35.5. The summed E-state index contributed by atoms with van der Waals surface area (Å²) >= 11 is 7.71. The molecule has 7 heteroatoms. The molecule has 2 aromatic heterocycles. The van der Waals surface area contributed by atoms with Gasteiger partial charge in [0, 0.05) is 24.0 Å². The molecule has 4 rings (SSSR count). The zero-order chi connectivity index (χ0) is 18.6. The van der Waals surface area contributed by atoms with E-state index in [1.54, 1.807) is 6.20 Å². The second-order valence-corrected chi connectivity index (χ2v) is 7.71. The highest BCUT2D eigenvalue weighted by Gasteiger charge is 2.14. The fourth-order valence-electron chi connectivity index (χ4n) is 3.11. The molecule has 0 saturated carbocycles. The fourth-order valence-corrected chi connectivity index (χ4v) is 4.25. The minimum atomic E-state index is -0.110. The smallest absolute Gasteiger partial charge is 0.230 e. The number of benzene rings is 1. The van der Waals surface area contributed by atoms with Crippen LogP contribution in [0.3, 0.4) is 0 Å². The highest BCUT2D eigenvalue weighted by Crippen LogP contribution is 2.30. The molecular weight excluding hydrogens is 380 g/mol. The predicted molar refractivity (Wildman–Crippen MR) is 111 cm³/mol. The summed E-state index contributed by atoms with van der Waals surface area (Å²) in [4.78, 5) is 23.6. The second-order valence-electron chi connectivity index (χ2n) is 6.45. The van der Waals surface area contributed by atoms with Gasteiger partial charge < -0.3 is 10.2 Å². The number of nitrogens with zero attached hydrogens (tertiary/aromatic N) is 3. The van der Waals surface area contributed by atoms with E-state index in [2.05, 4.69) is 20.2 Å². The van der Waals surface area contributed by atoms with E-state index in [0.29, 0.717) is 10.7 Å². The minimum Gasteiger partial charge on any atom is -0.357 e. The van der Waals surface area contributed by atoms with Gasteiger partial charge in [0.15, 0.2) is 0 Å². The van der Waals surface area contributed by atoms with Crippen LogP contribution < -0.4 is 10.2 Å². The molecule has 0 unspecified atom stereocenters. The summed E-state index contributed by atoms with van der Waals surface area (Å²) in [5, 5.41) is 6.26. The molecule has 1 fully saturated rings. The van der Waals surface area contributed by atoms with Crippen molar-refractivity contribution >= 4 is 40.4 Å². The summed E-state index contributed by atoms with van der Waals surface area (Å²) in [7, 11) is 0. The van der Waals surface area contributed by atoms with Crippen molar-refractivity contribution in [1.82, 2.24) is 9.97 Å². The van der Waals surface area contributed by atoms with E-state index in [4.69, 9.17) is 11.6 Å². The van der Waals surface area contributed by atoms with Crippen LogP contribution in [0.4, 0.5) is 11.5 Å². The predicted octanol–water partition coefficient (Wildman–Crippen LogP) is 4.64. The van der Waals surface area contributed by atoms with Crippen LogP contribution in [0.2, 0.25) is 5.02 Å². The number of rotatable bonds is 5. The first-order valence-electron chi connectivity index (χ1n) is 8.89. The summed E-state index contributed by atoms with van der Waals surface area (Å²) in [5.74, 6) is 0.858. The number of hydrogen-bond donors (Lipinski definition) is 1. The molecule has 1 N–H and O–H groups in total. The van der Waals surface area contributed by atoms with Crippen LogP contribution in [0.25, 0.3) is 10.6 Å². The third kappa shape index (κ3) is 4.28. The Bertz CT molecular complexity index is 935. The largest absolute Gasteiger partial charge is 0.357 e. The standard InChI is InChI=1S/C20H19ClN4OS/c21-17-6-2-1-5-16(17)20-24-15(13-27-20)11-19(26)23-14-7-8-18(22-12-14)25-9-3-4-10-25/h1-2,5-8,12-13H,3-4,9-11H2,(H,23,26). The topological polar surface area (TPSA) is 58.1 Å². The Labute approximate surface area is 167 Å². The van der Waals surface area contributed by atoms with Crippen LogP contribution in [-0.2, 0) is 11.2 Å². The summed E-state index contributed by atoms with van der Waals surface area (Å²) < 4.78 is 0. The maximum atomic E-state index is 12.3. The van der Waals surface area contributed by atoms with Crippen molar-refractivity contribution in [2.24, 2.45) is 0 Å². The van der Waals surface area contributed by atoms with E-state index in [-0.39, 0.29) is 12.3 Å². The molecular formula is C20H19ClN4OS. The minimum absolute atomic E-state index is 0.110. The molecule has 0 radical (unpaired) electrons. The average Bonchev–Trinajstić information content (AvgIpc) is 3.35. The maximum absolute atomic E-state index is 12.3. The first-order valence-corrected chi connectivity index (χ1v) is 10.1. The summed E-state index contributed by atoms with van der Waals surface area (Å²) in [5.41, 5.74) is 2.32. The number of thiazole rings is 1. The molecule has 1 aliphatic heterocycles. The molecule has 1 amide bonds. The summed E-state index contributed by atoms with van der Waals surface area (Å²) in [6.07, 6.45) is 4.35. The Morgan fingerprint density at radius 2 is 2.00 bits per heavy atom. The van der Waals surface area contributed by atoms with E-state index in [1.807, 2.05) is 41.8 Å². The van der Waals surface area contributed by atoms with Gasteiger partial charge in [-0.3, -0.25) is 4.79 Å². The lowest BCUT2D eigenvalue weighted by Crippen LogP contribution is -2.19. The number of nitrogens with one attached hydrogen (secondary N) is 1. The lowest BCUT2D eigenvalue weighted by molar-refractivity contribution is -0.115. The number of hydrogen-bond acceptors (Lipinski definition) is 5. The van der Waals surface area contributed by atoms with Gasteiger partial charge in [0.25, 0.3) is 0 Å². The van der Waals surface area contributed by atoms with Crippen LogP contribution in [-0.4, -0.2) is 29.0 Å². The van der Waals surface area contributed by atoms with E-state index >= 15 is 0 Å². The van der Waals surface area contributed by atoms with Crippen LogP contribution in [0.5, 0.6) is 0 Å². The van der Waals surface area contributed by atoms with Crippen LogP contribution >= 0.6 is 22.9 Å². The Morgan fingerprint density at radius 1 is 1.19 bits per heavy atom. The van der Waals surface area contributed by atoms with E-state index in [0.717, 1.165) is 35.2 Å². The Kier molecular flexibility index (Phi) is 5.36. The normalized spacial score (nSPS) is 13.7. The van der Waals surface area contributed by atoms with Gasteiger partial charge in [0.05, 0.1) is 29.0 Å². The van der Waals surface area contributed by atoms with E-state index in [1.165, 1.54) is 24.2 Å². The third-order valence-corrected chi connectivity index (χ3v) is 5.71. The molecule has 3 heterocycles. The van der Waals surface area contributed by atoms with Crippen LogP contribution in [0.1, 0.15) is 18.5 Å². The number of carbonyl (C=O) groups is 1. The number of halogens is 1. The van der Waals surface area contributed by atoms with Crippen molar-refractivity contribution in [2.45, 2.75) is 19.3 Å². The zero-order valence-electron chi connectivity index (χ0n) is 14.7. The maximum Gasteiger partial charge on any atom is 0.230 e. The van der Waals surface area contributed by atoms with Crippen molar-refractivity contribution in [3.05, 3.63) is 58.7 Å². The van der Waals surface area contributed by atoms with E-state index in [9.17, 15) is 4.79 Å². The third-order valence-electron chi connectivity index (χ3n) is 4.46. The first-order chi connectivity index (χ1) is 13.2. The molecule has 1 aliphatic rings. The average molecular weight is 399 g/mol. The molecule has 1 saturated heterocycles. The molecule has 0 spiro atoms. The van der Waals surface area contributed by atoms with Gasteiger partial charge in [-0.15, -0.1) is 11.3 Å². The first kappa shape index (κ1) is 17.9. The molecule has 27 heavy (non-hydrogen) atoms. The van der Waals surface area contributed by atoms with Crippen LogP contribution in [0, 0.1) is 0 Å². The van der Waals surface area contributed by atoms with Gasteiger partial charge in [0.1, 0.15) is 10.8 Å². The molecule has 0 bridgehead atoms. The summed E-state index contributed by atoms with van der Waals surface area (Å²) in [6, 6.07) is 11.4. The quantitative estimate of drug-likeness (QED) is 0.680. The van der Waals surface area contributed by atoms with Gasteiger partial charge in [-0.1, -0.05) is 29.8 Å². The van der Waals surface area contributed by atoms with Gasteiger partial charge in [-0.2, -0.15) is 0 Å². The van der Waals surface area contributed by atoms with Crippen molar-refractivity contribution < 1.29 is 4.79 Å². The molecule has 3 aromatic rings. The molecule has 5 nitrogen and oxygen atoms in total. The van der Waals surface area contributed by atoms with Crippen molar-refractivity contribution in [3.63, 3.8) is 0 Å². The number of pyridine rings is 1. The second kappa shape index (κ2) is 8.06. The molecule has 1 aromatic carbocycles. The van der Waals surface area contributed by atoms with E-state index < -0.39 is 0 Å². The van der Waals surface area contributed by atoms with Crippen molar-refractivity contribution in [2.75, 3.05) is 23.3 Å². The van der Waals surface area contributed by atoms with Crippen molar-refractivity contribution in [3.8, 4) is 10.6 Å².